The van der Waals surface area contributed by atoms with Gasteiger partial charge in [-0.25, -0.2) is 4.79 Å². The smallest absolute Gasteiger partial charge is 0.318 e. The fourth-order valence-electron chi connectivity index (χ4n) is 2.97. The van der Waals surface area contributed by atoms with Crippen molar-refractivity contribution in [3.05, 3.63) is 0 Å². The maximum atomic E-state index is 12.3. The molecule has 1 saturated carbocycles. The number of hydrogen-bond donors (Lipinski definition) is 3. The van der Waals surface area contributed by atoms with Crippen LogP contribution < -0.4 is 10.6 Å². The zero-order valence-electron chi connectivity index (χ0n) is 11.5. The van der Waals surface area contributed by atoms with Gasteiger partial charge >= 0.3 is 12.0 Å². The lowest BCUT2D eigenvalue weighted by atomic mass is 9.93. The van der Waals surface area contributed by atoms with E-state index in [-0.39, 0.29) is 24.9 Å². The van der Waals surface area contributed by atoms with E-state index >= 15 is 0 Å². The maximum Gasteiger partial charge on any atom is 0.318 e. The van der Waals surface area contributed by atoms with E-state index in [0.717, 1.165) is 12.8 Å². The number of nitrogens with zero attached hydrogens (tertiary/aromatic N) is 1. The number of rotatable bonds is 3. The molecule has 2 fully saturated rings. The molecule has 1 aliphatic heterocycles. The lowest BCUT2D eigenvalue weighted by molar-refractivity contribution is -0.138. The molecule has 0 spiro atoms. The first-order valence-corrected chi connectivity index (χ1v) is 7.06. The first-order valence-electron chi connectivity index (χ1n) is 7.06. The van der Waals surface area contributed by atoms with Gasteiger partial charge in [0.15, 0.2) is 0 Å². The zero-order valence-corrected chi connectivity index (χ0v) is 11.5. The summed E-state index contributed by atoms with van der Waals surface area (Å²) in [4.78, 5) is 36.2. The summed E-state index contributed by atoms with van der Waals surface area (Å²) in [6, 6.07) is -0.329. The predicted molar refractivity (Wildman–Crippen MR) is 71.2 cm³/mol. The number of aliphatic carboxylic acids is 1. The van der Waals surface area contributed by atoms with Crippen molar-refractivity contribution in [2.75, 3.05) is 19.6 Å². The Balaban J connectivity index is 2.00. The highest BCUT2D eigenvalue weighted by molar-refractivity contribution is 5.85. The van der Waals surface area contributed by atoms with Crippen LogP contribution in [-0.4, -0.2) is 53.1 Å². The molecule has 7 heteroatoms. The third-order valence-electron chi connectivity index (χ3n) is 3.97. The second kappa shape index (κ2) is 6.11. The molecule has 20 heavy (non-hydrogen) atoms. The Bertz CT molecular complexity index is 404. The summed E-state index contributed by atoms with van der Waals surface area (Å²) in [5.41, 5.74) is -0.647. The molecule has 3 N–H and O–H groups in total. The number of carbonyl (C=O) groups is 3. The molecule has 0 unspecified atom stereocenters. The molecular formula is C13H21N3O4. The Morgan fingerprint density at radius 1 is 1.30 bits per heavy atom. The molecule has 0 bridgehead atoms. The van der Waals surface area contributed by atoms with Gasteiger partial charge < -0.3 is 20.6 Å². The zero-order chi connectivity index (χ0) is 14.6. The molecule has 0 radical (unpaired) electrons. The number of nitrogens with one attached hydrogen (secondary N) is 2. The largest absolute Gasteiger partial charge is 0.481 e. The van der Waals surface area contributed by atoms with Crippen molar-refractivity contribution < 1.29 is 19.5 Å². The molecule has 112 valence electrons. The topological polar surface area (TPSA) is 98.7 Å². The minimum atomic E-state index is -0.902. The van der Waals surface area contributed by atoms with Gasteiger partial charge in [0.05, 0.1) is 12.0 Å². The summed E-state index contributed by atoms with van der Waals surface area (Å²) in [5.74, 6) is -1.07. The highest BCUT2D eigenvalue weighted by Gasteiger charge is 2.38. The monoisotopic (exact) mass is 283 g/mol. The molecule has 1 aliphatic carbocycles. The predicted octanol–water partition coefficient (Wildman–Crippen LogP) is 0.305. The normalized spacial score (nSPS) is 22.0. The summed E-state index contributed by atoms with van der Waals surface area (Å²) in [5, 5.41) is 14.6. The van der Waals surface area contributed by atoms with Crippen LogP contribution >= 0.6 is 0 Å². The van der Waals surface area contributed by atoms with E-state index in [9.17, 15) is 14.4 Å². The van der Waals surface area contributed by atoms with Gasteiger partial charge in [-0.15, -0.1) is 0 Å². The molecule has 3 amide bonds. The van der Waals surface area contributed by atoms with Gasteiger partial charge in [-0.3, -0.25) is 9.59 Å². The Morgan fingerprint density at radius 3 is 2.65 bits per heavy atom. The first-order chi connectivity index (χ1) is 9.51. The molecule has 0 aromatic heterocycles. The van der Waals surface area contributed by atoms with Crippen molar-refractivity contribution in [1.29, 1.82) is 0 Å². The van der Waals surface area contributed by atoms with Crippen LogP contribution in [0.25, 0.3) is 0 Å². The minimum absolute atomic E-state index is 0.0367. The van der Waals surface area contributed by atoms with Gasteiger partial charge in [-0.2, -0.15) is 0 Å². The number of urea groups is 1. The molecule has 7 nitrogen and oxygen atoms in total. The van der Waals surface area contributed by atoms with E-state index in [0.29, 0.717) is 32.4 Å². The highest BCUT2D eigenvalue weighted by atomic mass is 16.4. The van der Waals surface area contributed by atoms with Crippen LogP contribution in [0, 0.1) is 0 Å². The quantitative estimate of drug-likeness (QED) is 0.694. The van der Waals surface area contributed by atoms with Crippen LogP contribution in [0.2, 0.25) is 0 Å². The van der Waals surface area contributed by atoms with Crippen LogP contribution in [0.1, 0.15) is 38.5 Å². The van der Waals surface area contributed by atoms with Crippen LogP contribution in [0.15, 0.2) is 0 Å². The third-order valence-corrected chi connectivity index (χ3v) is 3.97. The lowest BCUT2D eigenvalue weighted by Crippen LogP contribution is -2.54. The van der Waals surface area contributed by atoms with Crippen molar-refractivity contribution >= 4 is 17.9 Å². The lowest BCUT2D eigenvalue weighted by Gasteiger charge is -2.31. The number of carbonyl (C=O) groups excluding carboxylic acids is 2. The number of hydrogen-bond acceptors (Lipinski definition) is 3. The van der Waals surface area contributed by atoms with E-state index in [1.165, 1.54) is 4.90 Å². The Hall–Kier alpha value is -1.79. The average Bonchev–Trinajstić information content (AvgIpc) is 2.68. The standard InChI is InChI=1S/C13H21N3O4/c17-10-9-16(7-3-6-14-10)12(20)15-13(8-11(18)19)4-1-2-5-13/h1-9H2,(H,14,17)(H,15,20)(H,18,19). The van der Waals surface area contributed by atoms with Crippen LogP contribution in [0.3, 0.4) is 0 Å². The number of carboxylic acid groups (broad SMARTS) is 1. The van der Waals surface area contributed by atoms with E-state index in [1.54, 1.807) is 0 Å². The van der Waals surface area contributed by atoms with Gasteiger partial charge in [0.25, 0.3) is 0 Å². The molecule has 1 saturated heterocycles. The molecule has 1 heterocycles. The Morgan fingerprint density at radius 2 is 2.00 bits per heavy atom. The fourth-order valence-corrected chi connectivity index (χ4v) is 2.97. The van der Waals surface area contributed by atoms with Crippen LogP contribution in [0.5, 0.6) is 0 Å². The Labute approximate surface area is 117 Å². The van der Waals surface area contributed by atoms with Crippen molar-refractivity contribution in [3.8, 4) is 0 Å². The van der Waals surface area contributed by atoms with Gasteiger partial charge in [-0.1, -0.05) is 12.8 Å². The molecule has 0 aromatic rings. The van der Waals surface area contributed by atoms with Gasteiger partial charge in [-0.05, 0) is 19.3 Å². The summed E-state index contributed by atoms with van der Waals surface area (Å²) >= 11 is 0. The van der Waals surface area contributed by atoms with Crippen molar-refractivity contribution in [3.63, 3.8) is 0 Å². The Kier molecular flexibility index (Phi) is 4.46. The first kappa shape index (κ1) is 14.6. The molecule has 2 aliphatic rings. The molecular weight excluding hydrogens is 262 g/mol. The fraction of sp³-hybridized carbons (Fsp3) is 0.769. The summed E-state index contributed by atoms with van der Waals surface area (Å²) < 4.78 is 0. The number of carboxylic acids is 1. The molecule has 0 atom stereocenters. The van der Waals surface area contributed by atoms with Crippen molar-refractivity contribution in [2.24, 2.45) is 0 Å². The molecule has 2 rings (SSSR count). The second-order valence-corrected chi connectivity index (χ2v) is 5.61. The van der Waals surface area contributed by atoms with Gasteiger partial charge in [0.2, 0.25) is 5.91 Å². The van der Waals surface area contributed by atoms with E-state index in [4.69, 9.17) is 5.11 Å². The van der Waals surface area contributed by atoms with Gasteiger partial charge in [0.1, 0.15) is 6.54 Å². The third kappa shape index (κ3) is 3.61. The molecule has 0 aromatic carbocycles. The summed E-state index contributed by atoms with van der Waals surface area (Å²) in [7, 11) is 0. The summed E-state index contributed by atoms with van der Waals surface area (Å²) in [6.45, 7) is 1.12. The van der Waals surface area contributed by atoms with Crippen molar-refractivity contribution in [2.45, 2.75) is 44.1 Å². The average molecular weight is 283 g/mol. The maximum absolute atomic E-state index is 12.3. The highest BCUT2D eigenvalue weighted by Crippen LogP contribution is 2.32. The van der Waals surface area contributed by atoms with Crippen molar-refractivity contribution in [1.82, 2.24) is 15.5 Å². The van der Waals surface area contributed by atoms with Crippen LogP contribution in [0.4, 0.5) is 4.79 Å². The SMILES string of the molecule is O=C(O)CC1(NC(=O)N2CCCNC(=O)C2)CCCC1. The minimum Gasteiger partial charge on any atom is -0.481 e. The van der Waals surface area contributed by atoms with E-state index in [1.807, 2.05) is 0 Å². The number of amides is 3. The summed E-state index contributed by atoms with van der Waals surface area (Å²) in [6.07, 6.45) is 3.88. The van der Waals surface area contributed by atoms with E-state index in [2.05, 4.69) is 10.6 Å². The van der Waals surface area contributed by atoms with E-state index < -0.39 is 11.5 Å². The van der Waals surface area contributed by atoms with Gasteiger partial charge in [0, 0.05) is 13.1 Å². The second-order valence-electron chi connectivity index (χ2n) is 5.61. The van der Waals surface area contributed by atoms with Crippen LogP contribution in [-0.2, 0) is 9.59 Å².